The maximum absolute atomic E-state index is 12.8. The van der Waals surface area contributed by atoms with Gasteiger partial charge in [-0.2, -0.15) is 5.10 Å². The molecule has 2 aromatic rings. The van der Waals surface area contributed by atoms with E-state index in [9.17, 15) is 4.79 Å². The Morgan fingerprint density at radius 2 is 1.61 bits per heavy atom. The van der Waals surface area contributed by atoms with Crippen LogP contribution in [0.4, 0.5) is 0 Å². The van der Waals surface area contributed by atoms with Crippen LogP contribution in [0, 0.1) is 0 Å². The van der Waals surface area contributed by atoms with Gasteiger partial charge in [-0.1, -0.05) is 45.9 Å². The molecular formula is C19H27N3O. The first-order valence-corrected chi connectivity index (χ1v) is 8.32. The number of rotatable bonds is 5. The second kappa shape index (κ2) is 6.99. The molecule has 0 bridgehead atoms. The normalized spacial score (nSPS) is 11.5. The number of carbonyl (C=O) groups is 1. The number of nitrogens with one attached hydrogen (secondary N) is 1. The van der Waals surface area contributed by atoms with E-state index in [1.807, 2.05) is 48.9 Å². The fourth-order valence-electron chi connectivity index (χ4n) is 2.72. The Bertz CT molecular complexity index is 669. The average molecular weight is 313 g/mol. The van der Waals surface area contributed by atoms with Crippen molar-refractivity contribution in [3.63, 3.8) is 0 Å². The molecule has 0 aliphatic heterocycles. The lowest BCUT2D eigenvalue weighted by Crippen LogP contribution is -2.31. The summed E-state index contributed by atoms with van der Waals surface area (Å²) in [6, 6.07) is 10.1. The van der Waals surface area contributed by atoms with Gasteiger partial charge in [0.15, 0.2) is 0 Å². The number of aromatic nitrogens is 2. The highest BCUT2D eigenvalue weighted by atomic mass is 16.1. The van der Waals surface area contributed by atoms with Crippen molar-refractivity contribution in [2.24, 2.45) is 0 Å². The van der Waals surface area contributed by atoms with Crippen LogP contribution in [0.5, 0.6) is 0 Å². The fourth-order valence-corrected chi connectivity index (χ4v) is 2.72. The first-order chi connectivity index (χ1) is 10.8. The standard InChI is InChI=1S/C19H27N3O/c1-12(2)17-16(19(23)20-14(5)6)18(13(3)4)22(21-17)15-10-8-7-9-11-15/h7-14H,1-6H3,(H,20,23). The van der Waals surface area contributed by atoms with Gasteiger partial charge >= 0.3 is 0 Å². The van der Waals surface area contributed by atoms with Gasteiger partial charge in [-0.25, -0.2) is 4.68 Å². The Hall–Kier alpha value is -2.10. The molecule has 0 saturated heterocycles. The molecule has 124 valence electrons. The highest BCUT2D eigenvalue weighted by molar-refractivity contribution is 5.97. The lowest BCUT2D eigenvalue weighted by atomic mass is 9.98. The number of carbonyl (C=O) groups excluding carboxylic acids is 1. The van der Waals surface area contributed by atoms with Crippen LogP contribution in [-0.4, -0.2) is 21.7 Å². The zero-order valence-electron chi connectivity index (χ0n) is 14.9. The van der Waals surface area contributed by atoms with Crippen molar-refractivity contribution in [1.82, 2.24) is 15.1 Å². The largest absolute Gasteiger partial charge is 0.350 e. The predicted octanol–water partition coefficient (Wildman–Crippen LogP) is 4.26. The molecule has 1 aromatic heterocycles. The zero-order valence-corrected chi connectivity index (χ0v) is 14.9. The van der Waals surface area contributed by atoms with E-state index < -0.39 is 0 Å². The van der Waals surface area contributed by atoms with E-state index in [1.165, 1.54) is 0 Å². The van der Waals surface area contributed by atoms with E-state index in [4.69, 9.17) is 5.10 Å². The van der Waals surface area contributed by atoms with Gasteiger partial charge in [0.05, 0.1) is 22.6 Å². The SMILES string of the molecule is CC(C)NC(=O)c1c(C(C)C)nn(-c2ccccc2)c1C(C)C. The van der Waals surface area contributed by atoms with Crippen molar-refractivity contribution >= 4 is 5.91 Å². The highest BCUT2D eigenvalue weighted by Gasteiger charge is 2.27. The Morgan fingerprint density at radius 3 is 2.09 bits per heavy atom. The molecule has 1 amide bonds. The average Bonchev–Trinajstić information content (AvgIpc) is 2.88. The summed E-state index contributed by atoms with van der Waals surface area (Å²) >= 11 is 0. The van der Waals surface area contributed by atoms with E-state index in [0.717, 1.165) is 22.6 Å². The smallest absolute Gasteiger partial charge is 0.255 e. The minimum Gasteiger partial charge on any atom is -0.350 e. The first-order valence-electron chi connectivity index (χ1n) is 8.32. The minimum atomic E-state index is -0.0328. The molecule has 4 heteroatoms. The van der Waals surface area contributed by atoms with Crippen LogP contribution < -0.4 is 5.32 Å². The maximum atomic E-state index is 12.8. The van der Waals surface area contributed by atoms with Crippen molar-refractivity contribution in [3.05, 3.63) is 47.3 Å². The monoisotopic (exact) mass is 313 g/mol. The van der Waals surface area contributed by atoms with Gasteiger partial charge in [-0.3, -0.25) is 4.79 Å². The van der Waals surface area contributed by atoms with Crippen molar-refractivity contribution in [1.29, 1.82) is 0 Å². The summed E-state index contributed by atoms with van der Waals surface area (Å²) in [7, 11) is 0. The highest BCUT2D eigenvalue weighted by Crippen LogP contribution is 2.29. The quantitative estimate of drug-likeness (QED) is 0.896. The first kappa shape index (κ1) is 17.3. The molecule has 0 saturated carbocycles. The van der Waals surface area contributed by atoms with E-state index in [2.05, 4.69) is 33.0 Å². The van der Waals surface area contributed by atoms with E-state index in [1.54, 1.807) is 0 Å². The van der Waals surface area contributed by atoms with Crippen LogP contribution in [-0.2, 0) is 0 Å². The lowest BCUT2D eigenvalue weighted by molar-refractivity contribution is 0.0940. The molecule has 0 aliphatic rings. The van der Waals surface area contributed by atoms with Crippen LogP contribution in [0.3, 0.4) is 0 Å². The number of hydrogen-bond donors (Lipinski definition) is 1. The topological polar surface area (TPSA) is 46.9 Å². The van der Waals surface area contributed by atoms with Crippen molar-refractivity contribution in [2.75, 3.05) is 0 Å². The summed E-state index contributed by atoms with van der Waals surface area (Å²) in [6.45, 7) is 12.3. The summed E-state index contributed by atoms with van der Waals surface area (Å²) in [4.78, 5) is 12.8. The molecule has 0 spiro atoms. The van der Waals surface area contributed by atoms with Gasteiger partial charge < -0.3 is 5.32 Å². The summed E-state index contributed by atoms with van der Waals surface area (Å²) in [5.41, 5.74) is 3.54. The zero-order chi connectivity index (χ0) is 17.1. The second-order valence-corrected chi connectivity index (χ2v) is 6.83. The molecule has 0 atom stereocenters. The predicted molar refractivity (Wildman–Crippen MR) is 94.3 cm³/mol. The summed E-state index contributed by atoms with van der Waals surface area (Å²) < 4.78 is 1.93. The van der Waals surface area contributed by atoms with Gasteiger partial charge in [0.1, 0.15) is 0 Å². The lowest BCUT2D eigenvalue weighted by Gasteiger charge is -2.14. The van der Waals surface area contributed by atoms with Crippen molar-refractivity contribution in [2.45, 2.75) is 59.4 Å². The van der Waals surface area contributed by atoms with E-state index in [-0.39, 0.29) is 23.8 Å². The van der Waals surface area contributed by atoms with Crippen LogP contribution >= 0.6 is 0 Å². The molecular weight excluding hydrogens is 286 g/mol. The third-order valence-corrected chi connectivity index (χ3v) is 3.69. The molecule has 0 unspecified atom stereocenters. The van der Waals surface area contributed by atoms with Crippen molar-refractivity contribution in [3.8, 4) is 5.69 Å². The van der Waals surface area contributed by atoms with Gasteiger partial charge in [0.25, 0.3) is 5.91 Å². The molecule has 1 heterocycles. The third-order valence-electron chi connectivity index (χ3n) is 3.69. The maximum Gasteiger partial charge on any atom is 0.255 e. The number of amides is 1. The van der Waals surface area contributed by atoms with E-state index >= 15 is 0 Å². The van der Waals surface area contributed by atoms with Crippen LogP contribution in [0.1, 0.15) is 75.1 Å². The molecule has 0 aliphatic carbocycles. The molecule has 4 nitrogen and oxygen atoms in total. The Balaban J connectivity index is 2.68. The molecule has 0 fully saturated rings. The summed E-state index contributed by atoms with van der Waals surface area (Å²) in [6.07, 6.45) is 0. The minimum absolute atomic E-state index is 0.0328. The summed E-state index contributed by atoms with van der Waals surface area (Å²) in [5, 5.41) is 7.81. The molecule has 1 N–H and O–H groups in total. The molecule has 23 heavy (non-hydrogen) atoms. The van der Waals surface area contributed by atoms with Crippen LogP contribution in [0.15, 0.2) is 30.3 Å². The summed E-state index contributed by atoms with van der Waals surface area (Å²) in [5.74, 6) is 0.350. The molecule has 1 aromatic carbocycles. The Kier molecular flexibility index (Phi) is 5.24. The second-order valence-electron chi connectivity index (χ2n) is 6.83. The third kappa shape index (κ3) is 3.63. The Morgan fingerprint density at radius 1 is 1.00 bits per heavy atom. The van der Waals surface area contributed by atoms with Gasteiger partial charge in [-0.05, 0) is 37.8 Å². The molecule has 2 rings (SSSR count). The van der Waals surface area contributed by atoms with Gasteiger partial charge in [0, 0.05) is 6.04 Å². The van der Waals surface area contributed by atoms with Crippen molar-refractivity contribution < 1.29 is 4.79 Å². The number of nitrogens with zero attached hydrogens (tertiary/aromatic N) is 2. The Labute approximate surface area is 138 Å². The van der Waals surface area contributed by atoms with Gasteiger partial charge in [0.2, 0.25) is 0 Å². The van der Waals surface area contributed by atoms with Crippen LogP contribution in [0.25, 0.3) is 5.69 Å². The van der Waals surface area contributed by atoms with Gasteiger partial charge in [-0.15, -0.1) is 0 Å². The number of benzene rings is 1. The van der Waals surface area contributed by atoms with E-state index in [0.29, 0.717) is 0 Å². The number of hydrogen-bond acceptors (Lipinski definition) is 2. The fraction of sp³-hybridized carbons (Fsp3) is 0.474. The number of para-hydroxylation sites is 1. The van der Waals surface area contributed by atoms with Crippen LogP contribution in [0.2, 0.25) is 0 Å². The molecule has 0 radical (unpaired) electrons.